The first kappa shape index (κ1) is 16.7. The van der Waals surface area contributed by atoms with Crippen LogP contribution in [-0.2, 0) is 9.59 Å². The monoisotopic (exact) mass is 353 g/mol. The molecule has 0 aromatic heterocycles. The number of urea groups is 1. The summed E-state index contributed by atoms with van der Waals surface area (Å²) in [4.78, 5) is 37.6. The number of carbonyl (C=O) groups excluding carboxylic acids is 3. The number of benzene rings is 1. The second-order valence-corrected chi connectivity index (χ2v) is 6.57. The van der Waals surface area contributed by atoms with Gasteiger partial charge in [-0.2, -0.15) is 0 Å². The Hall–Kier alpha value is -2.15. The van der Waals surface area contributed by atoms with Crippen molar-refractivity contribution >= 4 is 35.1 Å². The highest BCUT2D eigenvalue weighted by atomic mass is 35.5. The van der Waals surface area contributed by atoms with E-state index in [1.807, 2.05) is 0 Å². The molecule has 0 radical (unpaired) electrons. The molecule has 0 unspecified atom stereocenters. The summed E-state index contributed by atoms with van der Waals surface area (Å²) in [5, 5.41) is 5.28. The van der Waals surface area contributed by atoms with Gasteiger partial charge >= 0.3 is 6.03 Å². The van der Waals surface area contributed by atoms with Crippen LogP contribution < -0.4 is 10.6 Å². The smallest absolute Gasteiger partial charge is 0.323 e. The van der Waals surface area contributed by atoms with Gasteiger partial charge in [0.05, 0.1) is 5.69 Å². The second kappa shape index (κ2) is 6.39. The van der Waals surface area contributed by atoms with E-state index in [1.165, 1.54) is 12.1 Å². The predicted molar refractivity (Wildman–Crippen MR) is 86.1 cm³/mol. The van der Waals surface area contributed by atoms with Gasteiger partial charge in [-0.3, -0.25) is 14.5 Å². The van der Waals surface area contributed by atoms with Gasteiger partial charge in [-0.25, -0.2) is 9.18 Å². The van der Waals surface area contributed by atoms with E-state index < -0.39 is 29.8 Å². The van der Waals surface area contributed by atoms with Crippen molar-refractivity contribution in [2.24, 2.45) is 0 Å². The first-order valence-electron chi connectivity index (χ1n) is 7.80. The van der Waals surface area contributed by atoms with Crippen LogP contribution in [0.3, 0.4) is 0 Å². The van der Waals surface area contributed by atoms with E-state index in [9.17, 15) is 18.8 Å². The normalized spacial score (nSPS) is 19.5. The van der Waals surface area contributed by atoms with Crippen LogP contribution in [0.15, 0.2) is 18.2 Å². The molecule has 24 heavy (non-hydrogen) atoms. The summed E-state index contributed by atoms with van der Waals surface area (Å²) in [5.74, 6) is -1.71. The average Bonchev–Trinajstić information content (AvgIpc) is 2.75. The lowest BCUT2D eigenvalue weighted by molar-refractivity contribution is -0.134. The van der Waals surface area contributed by atoms with E-state index in [1.54, 1.807) is 0 Å². The number of hydrogen-bond acceptors (Lipinski definition) is 3. The summed E-state index contributed by atoms with van der Waals surface area (Å²) >= 11 is 5.65. The SMILES string of the molecule is O=C(CN1C(=O)NC2(CCCCC2)C1=O)Nc1ccc(Cl)cc1F. The van der Waals surface area contributed by atoms with Crippen LogP contribution in [0.5, 0.6) is 0 Å². The van der Waals surface area contributed by atoms with Crippen molar-refractivity contribution in [3.63, 3.8) is 0 Å². The van der Waals surface area contributed by atoms with Gasteiger partial charge in [0.25, 0.3) is 5.91 Å². The van der Waals surface area contributed by atoms with Crippen molar-refractivity contribution in [3.05, 3.63) is 29.0 Å². The molecule has 1 spiro atoms. The zero-order chi connectivity index (χ0) is 17.3. The van der Waals surface area contributed by atoms with Crippen LogP contribution in [0, 0.1) is 5.82 Å². The highest BCUT2D eigenvalue weighted by Gasteiger charge is 2.51. The molecule has 2 aliphatic rings. The van der Waals surface area contributed by atoms with Crippen LogP contribution >= 0.6 is 11.6 Å². The molecular weight excluding hydrogens is 337 g/mol. The molecule has 4 amide bonds. The average molecular weight is 354 g/mol. The molecule has 1 heterocycles. The predicted octanol–water partition coefficient (Wildman–Crippen LogP) is 2.67. The first-order chi connectivity index (χ1) is 11.4. The van der Waals surface area contributed by atoms with Crippen molar-refractivity contribution in [1.82, 2.24) is 10.2 Å². The molecule has 8 heteroatoms. The molecule has 128 valence electrons. The quantitative estimate of drug-likeness (QED) is 0.820. The highest BCUT2D eigenvalue weighted by molar-refractivity contribution is 6.30. The fourth-order valence-electron chi connectivity index (χ4n) is 3.24. The Morgan fingerprint density at radius 3 is 2.67 bits per heavy atom. The van der Waals surface area contributed by atoms with Crippen LogP contribution in [0.1, 0.15) is 32.1 Å². The Morgan fingerprint density at radius 2 is 2.00 bits per heavy atom. The summed E-state index contributed by atoms with van der Waals surface area (Å²) in [7, 11) is 0. The number of nitrogens with zero attached hydrogens (tertiary/aromatic N) is 1. The number of halogens is 2. The molecule has 0 atom stereocenters. The van der Waals surface area contributed by atoms with Crippen molar-refractivity contribution in [2.45, 2.75) is 37.6 Å². The van der Waals surface area contributed by atoms with Gasteiger partial charge in [-0.15, -0.1) is 0 Å². The lowest BCUT2D eigenvalue weighted by atomic mass is 9.82. The number of anilines is 1. The van der Waals surface area contributed by atoms with Crippen LogP contribution in [0.2, 0.25) is 5.02 Å². The molecule has 3 rings (SSSR count). The minimum Gasteiger partial charge on any atom is -0.323 e. The topological polar surface area (TPSA) is 78.5 Å². The van der Waals surface area contributed by atoms with Gasteiger partial charge in [0.1, 0.15) is 17.9 Å². The van der Waals surface area contributed by atoms with E-state index in [0.717, 1.165) is 30.2 Å². The zero-order valence-electron chi connectivity index (χ0n) is 12.9. The third kappa shape index (κ3) is 3.08. The molecular formula is C16H17ClFN3O3. The number of rotatable bonds is 3. The summed E-state index contributed by atoms with van der Waals surface area (Å²) < 4.78 is 13.7. The van der Waals surface area contributed by atoms with E-state index in [2.05, 4.69) is 10.6 Å². The molecule has 1 aromatic carbocycles. The highest BCUT2D eigenvalue weighted by Crippen LogP contribution is 2.33. The number of carbonyl (C=O) groups is 3. The second-order valence-electron chi connectivity index (χ2n) is 6.14. The maximum absolute atomic E-state index is 13.7. The van der Waals surface area contributed by atoms with E-state index >= 15 is 0 Å². The third-order valence-electron chi connectivity index (χ3n) is 4.46. The fraction of sp³-hybridized carbons (Fsp3) is 0.438. The molecule has 6 nitrogen and oxygen atoms in total. The van der Waals surface area contributed by atoms with E-state index in [4.69, 9.17) is 11.6 Å². The number of nitrogens with one attached hydrogen (secondary N) is 2. The Kier molecular flexibility index (Phi) is 4.45. The van der Waals surface area contributed by atoms with Crippen LogP contribution in [0.25, 0.3) is 0 Å². The van der Waals surface area contributed by atoms with Gasteiger partial charge in [0.2, 0.25) is 5.91 Å². The minimum absolute atomic E-state index is 0.0520. The number of imide groups is 1. The summed E-state index contributed by atoms with van der Waals surface area (Å²) in [6.45, 7) is -0.450. The van der Waals surface area contributed by atoms with Gasteiger partial charge in [0.15, 0.2) is 0 Å². The van der Waals surface area contributed by atoms with Crippen molar-refractivity contribution in [1.29, 1.82) is 0 Å². The number of amides is 4. The molecule has 2 N–H and O–H groups in total. The van der Waals surface area contributed by atoms with Gasteiger partial charge in [-0.1, -0.05) is 30.9 Å². The Balaban J connectivity index is 1.68. The molecule has 1 aromatic rings. The zero-order valence-corrected chi connectivity index (χ0v) is 13.7. The summed E-state index contributed by atoms with van der Waals surface area (Å²) in [5.41, 5.74) is -0.926. The van der Waals surface area contributed by atoms with E-state index in [-0.39, 0.29) is 16.6 Å². The van der Waals surface area contributed by atoms with Crippen molar-refractivity contribution < 1.29 is 18.8 Å². The van der Waals surface area contributed by atoms with Crippen molar-refractivity contribution in [3.8, 4) is 0 Å². The lowest BCUT2D eigenvalue weighted by Crippen LogP contribution is -2.48. The van der Waals surface area contributed by atoms with Crippen LogP contribution in [0.4, 0.5) is 14.9 Å². The molecule has 0 bridgehead atoms. The third-order valence-corrected chi connectivity index (χ3v) is 4.70. The molecule has 1 saturated carbocycles. The summed E-state index contributed by atoms with van der Waals surface area (Å²) in [6.07, 6.45) is 3.92. The van der Waals surface area contributed by atoms with E-state index in [0.29, 0.717) is 12.8 Å². The molecule has 1 aliphatic carbocycles. The Bertz CT molecular complexity index is 704. The largest absolute Gasteiger partial charge is 0.325 e. The standard InChI is InChI=1S/C16H17ClFN3O3/c17-10-4-5-12(11(18)8-10)19-13(22)9-21-14(23)16(20-15(21)24)6-2-1-3-7-16/h4-5,8H,1-3,6-7,9H2,(H,19,22)(H,20,24). The lowest BCUT2D eigenvalue weighted by Gasteiger charge is -2.30. The summed E-state index contributed by atoms with van der Waals surface area (Å²) in [6, 6.07) is 3.25. The van der Waals surface area contributed by atoms with Crippen LogP contribution in [-0.4, -0.2) is 34.8 Å². The maximum atomic E-state index is 13.7. The molecule has 2 fully saturated rings. The molecule has 1 saturated heterocycles. The molecule has 1 aliphatic heterocycles. The maximum Gasteiger partial charge on any atom is 0.325 e. The minimum atomic E-state index is -0.874. The number of hydrogen-bond donors (Lipinski definition) is 2. The Morgan fingerprint density at radius 1 is 1.29 bits per heavy atom. The van der Waals surface area contributed by atoms with Gasteiger partial charge < -0.3 is 10.6 Å². The van der Waals surface area contributed by atoms with Gasteiger partial charge in [-0.05, 0) is 31.0 Å². The van der Waals surface area contributed by atoms with Gasteiger partial charge in [0, 0.05) is 5.02 Å². The Labute approximate surface area is 143 Å². The first-order valence-corrected chi connectivity index (χ1v) is 8.18. The fourth-order valence-corrected chi connectivity index (χ4v) is 3.40. The van der Waals surface area contributed by atoms with Crippen molar-refractivity contribution in [2.75, 3.05) is 11.9 Å².